The number of hydrogen-bond donors (Lipinski definition) is 1. The molecule has 1 amide bonds. The summed E-state index contributed by atoms with van der Waals surface area (Å²) in [5.74, 6) is -0.828. The Kier molecular flexibility index (Phi) is 9.82. The average molecular weight is 511 g/mol. The van der Waals surface area contributed by atoms with E-state index < -0.39 is 24.2 Å². The number of carbonyl (C=O) groups is 1. The highest BCUT2D eigenvalue weighted by atomic mass is 16.6. The Morgan fingerprint density at radius 2 is 1.37 bits per heavy atom. The molecule has 4 rings (SSSR count). The third-order valence-corrected chi connectivity index (χ3v) is 6.02. The van der Waals surface area contributed by atoms with Crippen molar-refractivity contribution < 1.29 is 23.7 Å². The molecule has 1 heterocycles. The van der Waals surface area contributed by atoms with Crippen LogP contribution in [-0.2, 0) is 43.6 Å². The summed E-state index contributed by atoms with van der Waals surface area (Å²) < 4.78 is 24.8. The van der Waals surface area contributed by atoms with E-state index in [9.17, 15) is 10.1 Å². The Hall–Kier alpha value is -4.22. The fourth-order valence-corrected chi connectivity index (χ4v) is 4.05. The standard InChI is InChI=1S/C31H30N2O5/c32-17-26(31(33)34)16-27-21-36-28(22-35-18-23-10-4-1-5-11-23)30(38-20-25-14-8-3-9-15-25)29(27)37-19-24-12-6-2-7-13-24/h1-16,21,28-30H,18-20,22H2,(H2,33,34)/b26-16+/t28-,29-,30-/m1/s1. The molecule has 1 aliphatic rings. The molecule has 0 unspecified atom stereocenters. The summed E-state index contributed by atoms with van der Waals surface area (Å²) in [5, 5.41) is 9.44. The van der Waals surface area contributed by atoms with Crippen LogP contribution in [0.2, 0.25) is 0 Å². The van der Waals surface area contributed by atoms with Gasteiger partial charge in [0.25, 0.3) is 5.91 Å². The molecule has 0 fully saturated rings. The first-order valence-electron chi connectivity index (χ1n) is 12.3. The molecular formula is C31H30N2O5. The minimum Gasteiger partial charge on any atom is -0.492 e. The molecule has 194 valence electrons. The van der Waals surface area contributed by atoms with Crippen LogP contribution in [0.4, 0.5) is 0 Å². The Balaban J connectivity index is 1.59. The normalized spacial score (nSPS) is 19.2. The minimum absolute atomic E-state index is 0.200. The van der Waals surface area contributed by atoms with Gasteiger partial charge in [0, 0.05) is 5.57 Å². The fraction of sp³-hybridized carbons (Fsp3) is 0.226. The quantitative estimate of drug-likeness (QED) is 0.282. The molecule has 0 bridgehead atoms. The van der Waals surface area contributed by atoms with Crippen LogP contribution in [0.1, 0.15) is 16.7 Å². The van der Waals surface area contributed by atoms with Crippen molar-refractivity contribution in [3.05, 3.63) is 131 Å². The first kappa shape index (κ1) is 26.8. The van der Waals surface area contributed by atoms with E-state index in [0.717, 1.165) is 16.7 Å². The second kappa shape index (κ2) is 13.9. The van der Waals surface area contributed by atoms with E-state index in [2.05, 4.69) is 0 Å². The SMILES string of the molecule is N#C/C(=C\C1=CO[C@H](COCc2ccccc2)[C@@H](OCc2ccccc2)[C@@H]1OCc1ccccc1)C(N)=O. The topological polar surface area (TPSA) is 104 Å². The lowest BCUT2D eigenvalue weighted by atomic mass is 9.96. The van der Waals surface area contributed by atoms with Gasteiger partial charge in [-0.05, 0) is 22.8 Å². The van der Waals surface area contributed by atoms with Gasteiger partial charge in [-0.25, -0.2) is 0 Å². The van der Waals surface area contributed by atoms with Crippen LogP contribution >= 0.6 is 0 Å². The van der Waals surface area contributed by atoms with Gasteiger partial charge in [0.15, 0.2) is 0 Å². The van der Waals surface area contributed by atoms with Crippen LogP contribution in [0.15, 0.2) is 114 Å². The van der Waals surface area contributed by atoms with Crippen LogP contribution in [0, 0.1) is 11.3 Å². The van der Waals surface area contributed by atoms with Gasteiger partial charge in [0.05, 0.1) is 32.7 Å². The van der Waals surface area contributed by atoms with Gasteiger partial charge in [-0.2, -0.15) is 5.26 Å². The number of hydrogen-bond acceptors (Lipinski definition) is 6. The maximum Gasteiger partial charge on any atom is 0.259 e. The van der Waals surface area contributed by atoms with Crippen molar-refractivity contribution in [2.75, 3.05) is 6.61 Å². The highest BCUT2D eigenvalue weighted by Crippen LogP contribution is 2.29. The number of amides is 1. The van der Waals surface area contributed by atoms with Crippen LogP contribution in [0.5, 0.6) is 0 Å². The van der Waals surface area contributed by atoms with Gasteiger partial charge in [-0.15, -0.1) is 0 Å². The van der Waals surface area contributed by atoms with Gasteiger partial charge < -0.3 is 24.7 Å². The molecule has 7 nitrogen and oxygen atoms in total. The van der Waals surface area contributed by atoms with E-state index in [1.807, 2.05) is 97.1 Å². The predicted octanol–water partition coefficient (Wildman–Crippen LogP) is 4.59. The van der Waals surface area contributed by atoms with Crippen LogP contribution in [0.3, 0.4) is 0 Å². The predicted molar refractivity (Wildman–Crippen MR) is 142 cm³/mol. The number of benzene rings is 3. The van der Waals surface area contributed by atoms with Gasteiger partial charge >= 0.3 is 0 Å². The molecule has 3 aromatic carbocycles. The molecule has 0 radical (unpaired) electrons. The van der Waals surface area contributed by atoms with Crippen molar-refractivity contribution in [1.82, 2.24) is 0 Å². The smallest absolute Gasteiger partial charge is 0.259 e. The lowest BCUT2D eigenvalue weighted by molar-refractivity contribution is -0.150. The van der Waals surface area contributed by atoms with Crippen molar-refractivity contribution >= 4 is 5.91 Å². The zero-order valence-corrected chi connectivity index (χ0v) is 20.9. The zero-order chi connectivity index (χ0) is 26.6. The van der Waals surface area contributed by atoms with Crippen molar-refractivity contribution in [3.63, 3.8) is 0 Å². The second-order valence-electron chi connectivity index (χ2n) is 8.81. The van der Waals surface area contributed by atoms with E-state index in [-0.39, 0.29) is 18.8 Å². The van der Waals surface area contributed by atoms with Crippen LogP contribution in [-0.4, -0.2) is 30.8 Å². The summed E-state index contributed by atoms with van der Waals surface area (Å²) in [7, 11) is 0. The monoisotopic (exact) mass is 510 g/mol. The zero-order valence-electron chi connectivity index (χ0n) is 20.9. The van der Waals surface area contributed by atoms with Crippen LogP contribution in [0.25, 0.3) is 0 Å². The van der Waals surface area contributed by atoms with Crippen LogP contribution < -0.4 is 5.73 Å². The third-order valence-electron chi connectivity index (χ3n) is 6.02. The molecular weight excluding hydrogens is 480 g/mol. The first-order valence-corrected chi connectivity index (χ1v) is 12.3. The molecule has 1 aliphatic heterocycles. The molecule has 0 aromatic heterocycles. The number of rotatable bonds is 12. The largest absolute Gasteiger partial charge is 0.492 e. The average Bonchev–Trinajstić information content (AvgIpc) is 2.96. The highest BCUT2D eigenvalue weighted by Gasteiger charge is 2.38. The number of primary amides is 1. The maximum absolute atomic E-state index is 11.8. The Morgan fingerprint density at radius 3 is 1.89 bits per heavy atom. The maximum atomic E-state index is 11.8. The molecule has 3 aromatic rings. The van der Waals surface area contributed by atoms with E-state index in [4.69, 9.17) is 24.7 Å². The van der Waals surface area contributed by atoms with E-state index in [1.54, 1.807) is 0 Å². The summed E-state index contributed by atoms with van der Waals surface area (Å²) in [4.78, 5) is 11.8. The summed E-state index contributed by atoms with van der Waals surface area (Å²) in [6.07, 6.45) is 1.14. The number of nitrogens with zero attached hydrogens (tertiary/aromatic N) is 1. The van der Waals surface area contributed by atoms with E-state index in [0.29, 0.717) is 18.8 Å². The van der Waals surface area contributed by atoms with Gasteiger partial charge in [-0.1, -0.05) is 91.0 Å². The Morgan fingerprint density at radius 1 is 0.842 bits per heavy atom. The Bertz CT molecular complexity index is 1270. The van der Waals surface area contributed by atoms with Gasteiger partial charge in [-0.3, -0.25) is 4.79 Å². The van der Waals surface area contributed by atoms with E-state index in [1.165, 1.54) is 12.3 Å². The summed E-state index contributed by atoms with van der Waals surface area (Å²) in [6.45, 7) is 1.26. The lowest BCUT2D eigenvalue weighted by Gasteiger charge is -2.37. The van der Waals surface area contributed by atoms with E-state index >= 15 is 0 Å². The molecule has 0 aliphatic carbocycles. The number of nitrogens with two attached hydrogens (primary N) is 1. The number of ether oxygens (including phenoxy) is 4. The molecule has 0 saturated heterocycles. The molecule has 0 spiro atoms. The Labute approximate surface area is 222 Å². The minimum atomic E-state index is -0.828. The molecule has 0 saturated carbocycles. The van der Waals surface area contributed by atoms with Crippen molar-refractivity contribution in [2.45, 2.75) is 38.1 Å². The van der Waals surface area contributed by atoms with Crippen molar-refractivity contribution in [1.29, 1.82) is 5.26 Å². The summed E-state index contributed by atoms with van der Waals surface area (Å²) in [6, 6.07) is 31.2. The number of nitriles is 1. The van der Waals surface area contributed by atoms with Crippen molar-refractivity contribution in [3.8, 4) is 6.07 Å². The molecule has 2 N–H and O–H groups in total. The summed E-state index contributed by atoms with van der Waals surface area (Å²) in [5.41, 5.74) is 8.68. The van der Waals surface area contributed by atoms with Crippen molar-refractivity contribution in [2.24, 2.45) is 5.73 Å². The van der Waals surface area contributed by atoms with Gasteiger partial charge in [0.2, 0.25) is 0 Å². The molecule has 38 heavy (non-hydrogen) atoms. The first-order chi connectivity index (χ1) is 18.6. The fourth-order valence-electron chi connectivity index (χ4n) is 4.05. The third kappa shape index (κ3) is 7.64. The lowest BCUT2D eigenvalue weighted by Crippen LogP contribution is -2.48. The molecule has 3 atom stereocenters. The number of carbonyl (C=O) groups excluding carboxylic acids is 1. The highest BCUT2D eigenvalue weighted by molar-refractivity contribution is 5.96. The summed E-state index contributed by atoms with van der Waals surface area (Å²) >= 11 is 0. The molecule has 7 heteroatoms. The van der Waals surface area contributed by atoms with Gasteiger partial charge in [0.1, 0.15) is 30.0 Å². The second-order valence-corrected chi connectivity index (χ2v) is 8.81.